The number of ketones is 2. The van der Waals surface area contributed by atoms with Gasteiger partial charge in [-0.2, -0.15) is 0 Å². The standard InChI is InChI=1S/C31H44O6/c1-7-26(34)37-25-16-31(6)21-12-11-20-18(4)23(32)13-14-30(20,5)28(21)24(33)15-22(31)27(25)19(29(35)36)10-8-9-17(2)3/h9,18,20-22,25,28H,7-8,10-16H2,1-6H3,(H,35,36)/b27-19-. The van der Waals surface area contributed by atoms with Gasteiger partial charge in [-0.25, -0.2) is 4.79 Å². The van der Waals surface area contributed by atoms with Gasteiger partial charge >= 0.3 is 11.9 Å². The van der Waals surface area contributed by atoms with E-state index < -0.39 is 12.1 Å². The molecule has 4 saturated carbocycles. The molecular formula is C31H44O6. The van der Waals surface area contributed by atoms with E-state index in [0.29, 0.717) is 42.6 Å². The Kier molecular flexibility index (Phi) is 7.62. The maximum atomic E-state index is 14.0. The molecule has 204 valence electrons. The maximum absolute atomic E-state index is 14.0. The number of allylic oxidation sites excluding steroid dienone is 2. The first kappa shape index (κ1) is 27.8. The Bertz CT molecular complexity index is 1050. The Hall–Kier alpha value is -2.24. The normalized spacial score (nSPS) is 40.3. The van der Waals surface area contributed by atoms with E-state index in [2.05, 4.69) is 13.8 Å². The van der Waals surface area contributed by atoms with E-state index in [1.807, 2.05) is 26.8 Å². The summed E-state index contributed by atoms with van der Waals surface area (Å²) in [5.74, 6) is -0.898. The molecule has 0 amide bonds. The molecule has 8 unspecified atom stereocenters. The molecule has 4 aliphatic rings. The van der Waals surface area contributed by atoms with E-state index in [-0.39, 0.29) is 65.0 Å². The van der Waals surface area contributed by atoms with Crippen LogP contribution in [0.25, 0.3) is 0 Å². The predicted molar refractivity (Wildman–Crippen MR) is 141 cm³/mol. The molecule has 4 rings (SSSR count). The molecule has 8 atom stereocenters. The van der Waals surface area contributed by atoms with Crippen molar-refractivity contribution in [3.8, 4) is 0 Å². The number of aliphatic carboxylic acids is 1. The van der Waals surface area contributed by atoms with Crippen LogP contribution >= 0.6 is 0 Å². The Labute approximate surface area is 221 Å². The lowest BCUT2D eigenvalue weighted by Crippen LogP contribution is -2.59. The van der Waals surface area contributed by atoms with Crippen molar-refractivity contribution in [2.75, 3.05) is 0 Å². The minimum atomic E-state index is -0.983. The van der Waals surface area contributed by atoms with Gasteiger partial charge < -0.3 is 9.84 Å². The van der Waals surface area contributed by atoms with Crippen LogP contribution in [0.4, 0.5) is 0 Å². The fraction of sp³-hybridized carbons (Fsp3) is 0.742. The van der Waals surface area contributed by atoms with Gasteiger partial charge in [0.15, 0.2) is 0 Å². The fourth-order valence-electron chi connectivity index (χ4n) is 8.80. The molecule has 6 nitrogen and oxygen atoms in total. The smallest absolute Gasteiger partial charge is 0.331 e. The molecule has 0 aromatic heterocycles. The van der Waals surface area contributed by atoms with E-state index in [1.165, 1.54) is 0 Å². The molecule has 1 N–H and O–H groups in total. The summed E-state index contributed by atoms with van der Waals surface area (Å²) in [6.07, 6.45) is 6.47. The summed E-state index contributed by atoms with van der Waals surface area (Å²) in [5, 5.41) is 10.3. The highest BCUT2D eigenvalue weighted by Gasteiger charge is 2.66. The second-order valence-corrected chi connectivity index (χ2v) is 12.9. The van der Waals surface area contributed by atoms with Crippen molar-refractivity contribution >= 4 is 23.5 Å². The first-order chi connectivity index (χ1) is 17.3. The maximum Gasteiger partial charge on any atom is 0.331 e. The van der Waals surface area contributed by atoms with Gasteiger partial charge in [0.25, 0.3) is 0 Å². The number of carbonyl (C=O) groups is 4. The molecule has 6 heteroatoms. The molecule has 0 saturated heterocycles. The molecule has 4 aliphatic carbocycles. The Morgan fingerprint density at radius 2 is 1.76 bits per heavy atom. The lowest BCUT2D eigenvalue weighted by Gasteiger charge is -2.60. The van der Waals surface area contributed by atoms with Gasteiger partial charge in [0.1, 0.15) is 17.7 Å². The van der Waals surface area contributed by atoms with Gasteiger partial charge in [-0.3, -0.25) is 14.4 Å². The van der Waals surface area contributed by atoms with E-state index in [4.69, 9.17) is 4.74 Å². The van der Waals surface area contributed by atoms with Crippen molar-refractivity contribution in [1.82, 2.24) is 0 Å². The zero-order valence-electron chi connectivity index (χ0n) is 23.4. The molecular weight excluding hydrogens is 468 g/mol. The van der Waals surface area contributed by atoms with Crippen molar-refractivity contribution in [2.45, 2.75) is 105 Å². The Morgan fingerprint density at radius 3 is 2.38 bits per heavy atom. The van der Waals surface area contributed by atoms with Gasteiger partial charge in [0.05, 0.1) is 0 Å². The highest BCUT2D eigenvalue weighted by Crippen LogP contribution is 2.68. The molecule has 0 bridgehead atoms. The molecule has 0 aliphatic heterocycles. The molecule has 0 aromatic carbocycles. The SMILES string of the molecule is CCC(=O)OC1CC2(C)C(CC(=O)C3C2CCC2C(C)C(=O)CCC23C)/C1=C(\CCC=C(C)C)C(=O)O. The van der Waals surface area contributed by atoms with E-state index in [1.54, 1.807) is 6.92 Å². The summed E-state index contributed by atoms with van der Waals surface area (Å²) in [6.45, 7) is 12.2. The minimum Gasteiger partial charge on any atom is -0.478 e. The molecule has 0 aromatic rings. The number of carboxylic acids is 1. The Morgan fingerprint density at radius 1 is 1.08 bits per heavy atom. The summed E-state index contributed by atoms with van der Waals surface area (Å²) in [4.78, 5) is 51.6. The third-order valence-corrected chi connectivity index (χ3v) is 10.6. The average molecular weight is 513 g/mol. The molecule has 4 fully saturated rings. The largest absolute Gasteiger partial charge is 0.478 e. The summed E-state index contributed by atoms with van der Waals surface area (Å²) < 4.78 is 5.94. The van der Waals surface area contributed by atoms with Crippen molar-refractivity contribution in [1.29, 1.82) is 0 Å². The fourth-order valence-corrected chi connectivity index (χ4v) is 8.80. The second-order valence-electron chi connectivity index (χ2n) is 12.9. The van der Waals surface area contributed by atoms with Gasteiger partial charge in [-0.15, -0.1) is 0 Å². The second kappa shape index (κ2) is 10.1. The van der Waals surface area contributed by atoms with Crippen LogP contribution in [0.3, 0.4) is 0 Å². The molecule has 0 radical (unpaired) electrons. The third-order valence-electron chi connectivity index (χ3n) is 10.6. The number of carboxylic acid groups (broad SMARTS) is 1. The Balaban J connectivity index is 1.78. The van der Waals surface area contributed by atoms with Crippen molar-refractivity contribution < 1.29 is 29.0 Å². The van der Waals surface area contributed by atoms with Gasteiger partial charge in [-0.05, 0) is 86.5 Å². The van der Waals surface area contributed by atoms with Crippen molar-refractivity contribution in [3.63, 3.8) is 0 Å². The first-order valence-electron chi connectivity index (χ1n) is 14.2. The van der Waals surface area contributed by atoms with Gasteiger partial charge in [0.2, 0.25) is 0 Å². The number of hydrogen-bond donors (Lipinski definition) is 1. The van der Waals surface area contributed by atoms with Crippen LogP contribution < -0.4 is 0 Å². The number of rotatable bonds is 6. The van der Waals surface area contributed by atoms with Crippen LogP contribution in [0.1, 0.15) is 99.3 Å². The van der Waals surface area contributed by atoms with Gasteiger partial charge in [-0.1, -0.05) is 39.3 Å². The van der Waals surface area contributed by atoms with Crippen molar-refractivity contribution in [2.24, 2.45) is 40.4 Å². The van der Waals surface area contributed by atoms with Gasteiger partial charge in [0, 0.05) is 36.7 Å². The summed E-state index contributed by atoms with van der Waals surface area (Å²) in [6, 6.07) is 0. The number of fused-ring (bicyclic) bond motifs is 5. The number of ether oxygens (including phenoxy) is 1. The van der Waals surface area contributed by atoms with Crippen LogP contribution in [-0.2, 0) is 23.9 Å². The lowest BCUT2D eigenvalue weighted by molar-refractivity contribution is -0.166. The number of hydrogen-bond acceptors (Lipinski definition) is 5. The summed E-state index contributed by atoms with van der Waals surface area (Å²) in [5.41, 5.74) is 1.56. The number of esters is 1. The van der Waals surface area contributed by atoms with Crippen LogP contribution in [0.15, 0.2) is 22.8 Å². The first-order valence-corrected chi connectivity index (χ1v) is 14.2. The minimum absolute atomic E-state index is 0.0241. The van der Waals surface area contributed by atoms with E-state index >= 15 is 0 Å². The monoisotopic (exact) mass is 512 g/mol. The van der Waals surface area contributed by atoms with E-state index in [0.717, 1.165) is 24.8 Å². The quantitative estimate of drug-likeness (QED) is 0.263. The molecule has 37 heavy (non-hydrogen) atoms. The third kappa shape index (κ3) is 4.63. The lowest BCUT2D eigenvalue weighted by atomic mass is 9.42. The van der Waals surface area contributed by atoms with Crippen molar-refractivity contribution in [3.05, 3.63) is 22.8 Å². The van der Waals surface area contributed by atoms with Crippen LogP contribution in [0.5, 0.6) is 0 Å². The van der Waals surface area contributed by atoms with Crippen LogP contribution in [0.2, 0.25) is 0 Å². The highest BCUT2D eigenvalue weighted by molar-refractivity contribution is 5.90. The van der Waals surface area contributed by atoms with E-state index in [9.17, 15) is 24.3 Å². The van der Waals surface area contributed by atoms with Crippen LogP contribution in [0, 0.1) is 40.4 Å². The average Bonchev–Trinajstić information content (AvgIpc) is 3.10. The molecule has 0 spiro atoms. The number of carbonyl (C=O) groups excluding carboxylic acids is 3. The summed E-state index contributed by atoms with van der Waals surface area (Å²) in [7, 11) is 0. The zero-order valence-corrected chi connectivity index (χ0v) is 23.4. The predicted octanol–water partition coefficient (Wildman–Crippen LogP) is 6.08. The topological polar surface area (TPSA) is 97.7 Å². The number of Topliss-reactive ketones (excluding diaryl/α,β-unsaturated/α-hetero) is 2. The highest BCUT2D eigenvalue weighted by atomic mass is 16.5. The molecule has 0 heterocycles. The summed E-state index contributed by atoms with van der Waals surface area (Å²) >= 11 is 0. The van der Waals surface area contributed by atoms with Crippen LogP contribution in [-0.4, -0.2) is 34.7 Å². The zero-order chi connectivity index (χ0) is 27.3.